The molecule has 0 spiro atoms. The van der Waals surface area contributed by atoms with E-state index < -0.39 is 5.97 Å². The number of carboxylic acids is 1. The molecule has 0 radical (unpaired) electrons. The molecule has 0 heterocycles. The van der Waals surface area contributed by atoms with Crippen molar-refractivity contribution in [3.05, 3.63) is 0 Å². The second kappa shape index (κ2) is 6.26. The molecule has 0 aromatic rings. The fraction of sp³-hybridized carbons (Fsp3) is 0.857. The standard InChI is InChI=1S/C14H24N2O3/c1-2-15(10-11-4-3-5-11)14(19)16(12-6-7-12)9-8-13(17)18/h11-12H,2-10H2,1H3,(H,17,18). The number of carboxylic acid groups (broad SMARTS) is 1. The minimum atomic E-state index is -0.833. The van der Waals surface area contributed by atoms with Gasteiger partial charge in [0.15, 0.2) is 0 Å². The minimum Gasteiger partial charge on any atom is -0.481 e. The molecule has 1 N–H and O–H groups in total. The number of urea groups is 1. The van der Waals surface area contributed by atoms with Crippen molar-refractivity contribution in [2.45, 2.75) is 51.5 Å². The largest absolute Gasteiger partial charge is 0.481 e. The van der Waals surface area contributed by atoms with E-state index in [2.05, 4.69) is 0 Å². The Labute approximate surface area is 114 Å². The first-order valence-electron chi connectivity index (χ1n) is 7.39. The molecule has 108 valence electrons. The topological polar surface area (TPSA) is 60.9 Å². The van der Waals surface area contributed by atoms with Gasteiger partial charge in [0.2, 0.25) is 0 Å². The number of carbonyl (C=O) groups is 2. The Morgan fingerprint density at radius 3 is 2.32 bits per heavy atom. The first-order chi connectivity index (χ1) is 9.11. The first-order valence-corrected chi connectivity index (χ1v) is 7.39. The van der Waals surface area contributed by atoms with Gasteiger partial charge in [0.25, 0.3) is 0 Å². The monoisotopic (exact) mass is 268 g/mol. The lowest BCUT2D eigenvalue weighted by atomic mass is 9.85. The smallest absolute Gasteiger partial charge is 0.320 e. The Morgan fingerprint density at radius 1 is 1.21 bits per heavy atom. The van der Waals surface area contributed by atoms with E-state index >= 15 is 0 Å². The SMILES string of the molecule is CCN(CC1CCC1)C(=O)N(CCC(=O)O)C1CC1. The number of aliphatic carboxylic acids is 1. The Bertz CT molecular complexity index is 338. The molecule has 0 bridgehead atoms. The number of hydrogen-bond donors (Lipinski definition) is 1. The summed E-state index contributed by atoms with van der Waals surface area (Å²) in [4.78, 5) is 26.9. The first kappa shape index (κ1) is 14.2. The summed E-state index contributed by atoms with van der Waals surface area (Å²) in [5, 5.41) is 8.78. The van der Waals surface area contributed by atoms with Crippen molar-refractivity contribution in [3.8, 4) is 0 Å². The van der Waals surface area contributed by atoms with E-state index in [0.717, 1.165) is 19.4 Å². The van der Waals surface area contributed by atoms with Crippen molar-refractivity contribution >= 4 is 12.0 Å². The minimum absolute atomic E-state index is 0.0400. The van der Waals surface area contributed by atoms with Crippen LogP contribution in [0.15, 0.2) is 0 Å². The second-order valence-corrected chi connectivity index (χ2v) is 5.69. The van der Waals surface area contributed by atoms with Crippen molar-refractivity contribution in [1.82, 2.24) is 9.80 Å². The number of nitrogens with zero attached hydrogens (tertiary/aromatic N) is 2. The third kappa shape index (κ3) is 3.85. The predicted molar refractivity (Wildman–Crippen MR) is 72.0 cm³/mol. The van der Waals surface area contributed by atoms with Gasteiger partial charge >= 0.3 is 12.0 Å². The molecule has 2 aliphatic carbocycles. The summed E-state index contributed by atoms with van der Waals surface area (Å²) >= 11 is 0. The van der Waals surface area contributed by atoms with Crippen LogP contribution >= 0.6 is 0 Å². The normalized spacial score (nSPS) is 18.8. The highest BCUT2D eigenvalue weighted by molar-refractivity contribution is 5.76. The van der Waals surface area contributed by atoms with Gasteiger partial charge in [0.05, 0.1) is 6.42 Å². The molecule has 2 rings (SSSR count). The van der Waals surface area contributed by atoms with Gasteiger partial charge in [0.1, 0.15) is 0 Å². The van der Waals surface area contributed by atoms with Gasteiger partial charge in [-0.15, -0.1) is 0 Å². The Balaban J connectivity index is 1.89. The van der Waals surface area contributed by atoms with E-state index in [9.17, 15) is 9.59 Å². The van der Waals surface area contributed by atoms with Crippen molar-refractivity contribution in [3.63, 3.8) is 0 Å². The lowest BCUT2D eigenvalue weighted by Gasteiger charge is -2.35. The highest BCUT2D eigenvalue weighted by Crippen LogP contribution is 2.30. The lowest BCUT2D eigenvalue weighted by molar-refractivity contribution is -0.137. The van der Waals surface area contributed by atoms with Crippen LogP contribution in [0.5, 0.6) is 0 Å². The molecule has 0 unspecified atom stereocenters. The van der Waals surface area contributed by atoms with Crippen LogP contribution in [0, 0.1) is 5.92 Å². The van der Waals surface area contributed by atoms with Gasteiger partial charge < -0.3 is 14.9 Å². The number of hydrogen-bond acceptors (Lipinski definition) is 2. The van der Waals surface area contributed by atoms with Crippen LogP contribution in [-0.4, -0.2) is 52.6 Å². The Hall–Kier alpha value is -1.26. The third-order valence-electron chi connectivity index (χ3n) is 4.16. The number of rotatable bonds is 7. The molecule has 2 fully saturated rings. The lowest BCUT2D eigenvalue weighted by Crippen LogP contribution is -2.47. The van der Waals surface area contributed by atoms with Crippen LogP contribution in [0.1, 0.15) is 45.4 Å². The van der Waals surface area contributed by atoms with E-state index in [-0.39, 0.29) is 18.5 Å². The van der Waals surface area contributed by atoms with Gasteiger partial charge in [-0.3, -0.25) is 4.79 Å². The highest BCUT2D eigenvalue weighted by Gasteiger charge is 2.35. The highest BCUT2D eigenvalue weighted by atomic mass is 16.4. The molecular weight excluding hydrogens is 244 g/mol. The molecule has 5 heteroatoms. The zero-order valence-corrected chi connectivity index (χ0v) is 11.7. The van der Waals surface area contributed by atoms with Crippen LogP contribution in [0.25, 0.3) is 0 Å². The van der Waals surface area contributed by atoms with Gasteiger partial charge in [0, 0.05) is 25.7 Å². The fourth-order valence-corrected chi connectivity index (χ4v) is 2.55. The summed E-state index contributed by atoms with van der Waals surface area (Å²) in [6, 6.07) is 0.320. The number of amides is 2. The van der Waals surface area contributed by atoms with Crippen LogP contribution in [-0.2, 0) is 4.79 Å². The molecule has 0 aliphatic heterocycles. The maximum Gasteiger partial charge on any atom is 0.320 e. The summed E-state index contributed by atoms with van der Waals surface area (Å²) in [5.74, 6) is -0.176. The molecule has 0 aromatic heterocycles. The van der Waals surface area contributed by atoms with E-state index in [1.54, 1.807) is 4.90 Å². The summed E-state index contributed by atoms with van der Waals surface area (Å²) in [6.07, 6.45) is 5.81. The van der Waals surface area contributed by atoms with E-state index in [0.29, 0.717) is 19.0 Å². The zero-order chi connectivity index (χ0) is 13.8. The van der Waals surface area contributed by atoms with Crippen molar-refractivity contribution in [2.24, 2.45) is 5.92 Å². The summed E-state index contributed by atoms with van der Waals surface area (Å²) in [7, 11) is 0. The average molecular weight is 268 g/mol. The van der Waals surface area contributed by atoms with Crippen LogP contribution in [0.2, 0.25) is 0 Å². The van der Waals surface area contributed by atoms with Gasteiger partial charge in [-0.05, 0) is 38.5 Å². The van der Waals surface area contributed by atoms with E-state index in [1.165, 1.54) is 19.3 Å². The molecule has 2 aliphatic rings. The van der Waals surface area contributed by atoms with Crippen molar-refractivity contribution < 1.29 is 14.7 Å². The van der Waals surface area contributed by atoms with E-state index in [1.807, 2.05) is 11.8 Å². The third-order valence-corrected chi connectivity index (χ3v) is 4.16. The van der Waals surface area contributed by atoms with Gasteiger partial charge in [-0.25, -0.2) is 4.79 Å². The fourth-order valence-electron chi connectivity index (χ4n) is 2.55. The Kier molecular flexibility index (Phi) is 4.66. The van der Waals surface area contributed by atoms with Crippen LogP contribution in [0.4, 0.5) is 4.79 Å². The van der Waals surface area contributed by atoms with Crippen LogP contribution in [0.3, 0.4) is 0 Å². The molecule has 19 heavy (non-hydrogen) atoms. The maximum atomic E-state index is 12.5. The summed E-state index contributed by atoms with van der Waals surface area (Å²) < 4.78 is 0. The zero-order valence-electron chi connectivity index (χ0n) is 11.7. The molecule has 2 amide bonds. The van der Waals surface area contributed by atoms with Crippen LogP contribution < -0.4 is 0 Å². The molecule has 5 nitrogen and oxygen atoms in total. The molecule has 0 aromatic carbocycles. The van der Waals surface area contributed by atoms with E-state index in [4.69, 9.17) is 5.11 Å². The predicted octanol–water partition coefficient (Wildman–Crippen LogP) is 2.17. The van der Waals surface area contributed by atoms with Gasteiger partial charge in [-0.1, -0.05) is 6.42 Å². The molecular formula is C14H24N2O3. The van der Waals surface area contributed by atoms with Crippen molar-refractivity contribution in [2.75, 3.05) is 19.6 Å². The summed E-state index contributed by atoms with van der Waals surface area (Å²) in [6.45, 7) is 3.90. The maximum absolute atomic E-state index is 12.5. The quantitative estimate of drug-likeness (QED) is 0.769. The average Bonchev–Trinajstić information content (AvgIpc) is 3.12. The number of carbonyl (C=O) groups excluding carboxylic acids is 1. The summed E-state index contributed by atoms with van der Waals surface area (Å²) in [5.41, 5.74) is 0. The van der Waals surface area contributed by atoms with Crippen molar-refractivity contribution in [1.29, 1.82) is 0 Å². The molecule has 2 saturated carbocycles. The molecule has 0 atom stereocenters. The Morgan fingerprint density at radius 2 is 1.89 bits per heavy atom. The second-order valence-electron chi connectivity index (χ2n) is 5.69. The molecule has 0 saturated heterocycles. The van der Waals surface area contributed by atoms with Gasteiger partial charge in [-0.2, -0.15) is 0 Å².